The molecule has 0 aliphatic carbocycles. The number of halogens is 1. The van der Waals surface area contributed by atoms with E-state index in [1.807, 2.05) is 24.3 Å². The van der Waals surface area contributed by atoms with Crippen LogP contribution in [0, 0.1) is 0 Å². The van der Waals surface area contributed by atoms with Crippen LogP contribution in [-0.2, 0) is 16.1 Å². The number of imidazole rings is 1. The maximum atomic E-state index is 11.9. The van der Waals surface area contributed by atoms with Crippen molar-refractivity contribution in [1.29, 1.82) is 0 Å². The Bertz CT molecular complexity index is 1010. The summed E-state index contributed by atoms with van der Waals surface area (Å²) in [6.45, 7) is 0.391. The Kier molecular flexibility index (Phi) is 6.08. The lowest BCUT2D eigenvalue weighted by molar-refractivity contribution is -0.142. The maximum absolute atomic E-state index is 11.9. The van der Waals surface area contributed by atoms with Crippen LogP contribution in [-0.4, -0.2) is 34.6 Å². The Morgan fingerprint density at radius 3 is 2.63 bits per heavy atom. The highest BCUT2D eigenvalue weighted by atomic mass is 79.9. The molecular weight excluding hydrogens is 414 g/mol. The maximum Gasteiger partial charge on any atom is 0.326 e. The molecule has 2 aromatic carbocycles. The van der Waals surface area contributed by atoms with E-state index in [0.717, 1.165) is 15.5 Å². The highest BCUT2D eigenvalue weighted by Gasteiger charge is 2.09. The quantitative estimate of drug-likeness (QED) is 0.443. The number of aryl methyl sites for hydroxylation is 1. The zero-order valence-electron chi connectivity index (χ0n) is 14.4. The molecule has 1 heterocycles. The van der Waals surface area contributed by atoms with Crippen molar-refractivity contribution in [2.24, 2.45) is 0 Å². The third kappa shape index (κ3) is 4.85. The molecular formula is C19H18BrN3O4. The van der Waals surface area contributed by atoms with Crippen LogP contribution in [0.25, 0.3) is 11.0 Å². The number of fused-ring (bicyclic) bond motifs is 1. The number of esters is 1. The number of para-hydroxylation sites is 2. The highest BCUT2D eigenvalue weighted by Crippen LogP contribution is 2.10. The van der Waals surface area contributed by atoms with Crippen LogP contribution in [0.4, 0.5) is 0 Å². The van der Waals surface area contributed by atoms with Gasteiger partial charge in [-0.05, 0) is 42.8 Å². The Morgan fingerprint density at radius 2 is 1.85 bits per heavy atom. The number of carbonyl (C=O) groups excluding carboxylic acids is 2. The van der Waals surface area contributed by atoms with E-state index in [2.05, 4.69) is 26.2 Å². The summed E-state index contributed by atoms with van der Waals surface area (Å²) < 4.78 is 7.59. The van der Waals surface area contributed by atoms with Crippen LogP contribution in [0.5, 0.6) is 0 Å². The molecule has 3 aromatic rings. The Hall–Kier alpha value is -2.87. The molecule has 2 N–H and O–H groups in total. The fraction of sp³-hybridized carbons (Fsp3) is 0.211. The van der Waals surface area contributed by atoms with Crippen molar-refractivity contribution in [3.05, 3.63) is 69.1 Å². The van der Waals surface area contributed by atoms with Gasteiger partial charge in [0.2, 0.25) is 0 Å². The molecule has 7 nitrogen and oxygen atoms in total. The summed E-state index contributed by atoms with van der Waals surface area (Å²) >= 11 is 3.29. The van der Waals surface area contributed by atoms with E-state index in [4.69, 9.17) is 4.74 Å². The summed E-state index contributed by atoms with van der Waals surface area (Å²) in [5.41, 5.74) is 1.86. The summed E-state index contributed by atoms with van der Waals surface area (Å²) in [7, 11) is 0. The number of benzene rings is 2. The topological polar surface area (TPSA) is 93.2 Å². The largest absolute Gasteiger partial charge is 0.464 e. The predicted molar refractivity (Wildman–Crippen MR) is 105 cm³/mol. The van der Waals surface area contributed by atoms with Crippen LogP contribution in [0.3, 0.4) is 0 Å². The predicted octanol–water partition coefficient (Wildman–Crippen LogP) is 2.46. The molecule has 0 saturated carbocycles. The van der Waals surface area contributed by atoms with Gasteiger partial charge in [0.25, 0.3) is 5.91 Å². The molecule has 0 fully saturated rings. The van der Waals surface area contributed by atoms with Crippen molar-refractivity contribution in [3.8, 4) is 0 Å². The molecule has 27 heavy (non-hydrogen) atoms. The summed E-state index contributed by atoms with van der Waals surface area (Å²) in [6, 6.07) is 14.2. The minimum Gasteiger partial charge on any atom is -0.464 e. The SMILES string of the molecule is O=C(CNC(=O)c1ccc(Br)cc1)OCCCn1c(=O)[nH]c2ccccc21. The van der Waals surface area contributed by atoms with E-state index in [-0.39, 0.29) is 24.7 Å². The van der Waals surface area contributed by atoms with Gasteiger partial charge in [0.15, 0.2) is 0 Å². The number of nitrogens with one attached hydrogen (secondary N) is 2. The van der Waals surface area contributed by atoms with Crippen molar-refractivity contribution in [2.45, 2.75) is 13.0 Å². The number of aromatic amines is 1. The number of H-pyrrole nitrogens is 1. The number of nitrogens with zero attached hydrogens (tertiary/aromatic N) is 1. The zero-order chi connectivity index (χ0) is 19.2. The average molecular weight is 432 g/mol. The van der Waals surface area contributed by atoms with Crippen molar-refractivity contribution in [2.75, 3.05) is 13.2 Å². The third-order valence-electron chi connectivity index (χ3n) is 3.97. The first-order valence-electron chi connectivity index (χ1n) is 8.41. The van der Waals surface area contributed by atoms with Gasteiger partial charge in [-0.25, -0.2) is 4.79 Å². The van der Waals surface area contributed by atoms with E-state index >= 15 is 0 Å². The molecule has 1 amide bonds. The smallest absolute Gasteiger partial charge is 0.326 e. The van der Waals surface area contributed by atoms with E-state index in [9.17, 15) is 14.4 Å². The fourth-order valence-corrected chi connectivity index (χ4v) is 2.91. The molecule has 0 radical (unpaired) electrons. The Morgan fingerprint density at radius 1 is 1.11 bits per heavy atom. The van der Waals surface area contributed by atoms with Crippen molar-refractivity contribution in [1.82, 2.24) is 14.9 Å². The molecule has 8 heteroatoms. The molecule has 0 spiro atoms. The lowest BCUT2D eigenvalue weighted by Gasteiger charge is -2.07. The van der Waals surface area contributed by atoms with E-state index in [1.54, 1.807) is 28.8 Å². The van der Waals surface area contributed by atoms with Gasteiger partial charge >= 0.3 is 11.7 Å². The molecule has 0 aliphatic heterocycles. The number of rotatable bonds is 7. The number of carbonyl (C=O) groups is 2. The van der Waals surface area contributed by atoms with Crippen LogP contribution >= 0.6 is 15.9 Å². The summed E-state index contributed by atoms with van der Waals surface area (Å²) in [4.78, 5) is 38.4. The van der Waals surface area contributed by atoms with Crippen LogP contribution in [0.15, 0.2) is 57.8 Å². The van der Waals surface area contributed by atoms with Gasteiger partial charge in [-0.15, -0.1) is 0 Å². The first-order valence-corrected chi connectivity index (χ1v) is 9.21. The molecule has 0 atom stereocenters. The van der Waals surface area contributed by atoms with Gasteiger partial charge in [0.1, 0.15) is 6.54 Å². The number of aromatic nitrogens is 2. The summed E-state index contributed by atoms with van der Waals surface area (Å²) in [5, 5.41) is 2.52. The second-order valence-corrected chi connectivity index (χ2v) is 6.78. The van der Waals surface area contributed by atoms with Gasteiger partial charge in [0, 0.05) is 16.6 Å². The van der Waals surface area contributed by atoms with Gasteiger partial charge in [-0.3, -0.25) is 14.2 Å². The molecule has 3 rings (SSSR count). The Labute approximate surface area is 163 Å². The van der Waals surface area contributed by atoms with Gasteiger partial charge < -0.3 is 15.0 Å². The highest BCUT2D eigenvalue weighted by molar-refractivity contribution is 9.10. The minimum atomic E-state index is -0.522. The third-order valence-corrected chi connectivity index (χ3v) is 4.50. The lowest BCUT2D eigenvalue weighted by atomic mass is 10.2. The van der Waals surface area contributed by atoms with Crippen LogP contribution in [0.2, 0.25) is 0 Å². The number of hydrogen-bond donors (Lipinski definition) is 2. The van der Waals surface area contributed by atoms with Gasteiger partial charge in [-0.2, -0.15) is 0 Å². The lowest BCUT2D eigenvalue weighted by Crippen LogP contribution is -2.30. The van der Waals surface area contributed by atoms with Crippen molar-refractivity contribution < 1.29 is 14.3 Å². The fourth-order valence-electron chi connectivity index (χ4n) is 2.64. The molecule has 0 bridgehead atoms. The van der Waals surface area contributed by atoms with E-state index in [0.29, 0.717) is 18.5 Å². The number of amides is 1. The van der Waals surface area contributed by atoms with E-state index < -0.39 is 5.97 Å². The normalized spacial score (nSPS) is 10.7. The number of hydrogen-bond acceptors (Lipinski definition) is 4. The molecule has 0 aliphatic rings. The monoisotopic (exact) mass is 431 g/mol. The first kappa shape index (κ1) is 18.9. The van der Waals surface area contributed by atoms with Crippen LogP contribution in [0.1, 0.15) is 16.8 Å². The number of ether oxygens (including phenoxy) is 1. The molecule has 0 unspecified atom stereocenters. The minimum absolute atomic E-state index is 0.166. The second-order valence-electron chi connectivity index (χ2n) is 5.86. The molecule has 1 aromatic heterocycles. The summed E-state index contributed by atoms with van der Waals surface area (Å²) in [5.74, 6) is -0.864. The molecule has 140 valence electrons. The van der Waals surface area contributed by atoms with Crippen molar-refractivity contribution in [3.63, 3.8) is 0 Å². The Balaban J connectivity index is 1.42. The van der Waals surface area contributed by atoms with E-state index in [1.165, 1.54) is 0 Å². The van der Waals surface area contributed by atoms with Gasteiger partial charge in [-0.1, -0.05) is 28.1 Å². The zero-order valence-corrected chi connectivity index (χ0v) is 16.0. The van der Waals surface area contributed by atoms with Crippen molar-refractivity contribution >= 4 is 38.8 Å². The molecule has 0 saturated heterocycles. The van der Waals surface area contributed by atoms with Gasteiger partial charge in [0.05, 0.1) is 17.6 Å². The second kappa shape index (κ2) is 8.68. The van der Waals surface area contributed by atoms with Crippen LogP contribution < -0.4 is 11.0 Å². The first-order chi connectivity index (χ1) is 13.0. The summed E-state index contributed by atoms with van der Waals surface area (Å²) in [6.07, 6.45) is 0.494. The standard InChI is InChI=1S/C19H18BrN3O4/c20-14-8-6-13(7-9-14)18(25)21-12-17(24)27-11-3-10-23-16-5-2-1-4-15(16)22-19(23)26/h1-2,4-9H,3,10-12H2,(H,21,25)(H,22,26). The average Bonchev–Trinajstić information content (AvgIpc) is 2.99.